The van der Waals surface area contributed by atoms with Crippen LogP contribution in [-0.2, 0) is 6.54 Å². The molecule has 0 amide bonds. The lowest BCUT2D eigenvalue weighted by atomic mass is 10.1. The molecule has 126 valence electrons. The molecule has 0 saturated heterocycles. The number of halogens is 1. The summed E-state index contributed by atoms with van der Waals surface area (Å²) in [5.41, 5.74) is -0.228. The van der Waals surface area contributed by atoms with Gasteiger partial charge in [-0.15, -0.1) is 10.2 Å². The number of hydrogen-bond donors (Lipinski definition) is 1. The third-order valence-electron chi connectivity index (χ3n) is 3.52. The number of nitriles is 1. The monoisotopic (exact) mass is 393 g/mol. The summed E-state index contributed by atoms with van der Waals surface area (Å²) in [6.07, 6.45) is 1.52. The zero-order valence-corrected chi connectivity index (χ0v) is 15.1. The number of hydrogen-bond acceptors (Lipinski definition) is 7. The highest BCUT2D eigenvalue weighted by Gasteiger charge is 2.19. The fourth-order valence-electron chi connectivity index (χ4n) is 2.09. The molecule has 0 aliphatic rings. The highest BCUT2D eigenvalue weighted by atomic mass is 79.9. The van der Waals surface area contributed by atoms with Crippen molar-refractivity contribution in [2.75, 3.05) is 0 Å². The molecular weight excluding hydrogens is 378 g/mol. The molecule has 0 aliphatic heterocycles. The van der Waals surface area contributed by atoms with Crippen molar-refractivity contribution in [1.29, 1.82) is 5.26 Å². The van der Waals surface area contributed by atoms with E-state index in [1.165, 1.54) is 0 Å². The van der Waals surface area contributed by atoms with E-state index in [2.05, 4.69) is 31.3 Å². The summed E-state index contributed by atoms with van der Waals surface area (Å²) in [6.45, 7) is 5.51. The molecule has 0 atom stereocenters. The van der Waals surface area contributed by atoms with E-state index in [4.69, 9.17) is 4.52 Å². The van der Waals surface area contributed by atoms with Crippen LogP contribution in [0.4, 0.5) is 11.5 Å². The maximum Gasteiger partial charge on any atom is 0.281 e. The molecular formula is C15H16BrN5O3. The Labute approximate surface area is 146 Å². The second kappa shape index (κ2) is 7.40. The normalized spacial score (nSPS) is 11.1. The summed E-state index contributed by atoms with van der Waals surface area (Å²) in [6, 6.07) is 1.91. The molecule has 8 nitrogen and oxygen atoms in total. The second-order valence-corrected chi connectivity index (χ2v) is 5.96. The van der Waals surface area contributed by atoms with Crippen LogP contribution < -0.4 is 5.56 Å². The number of pyridine rings is 1. The van der Waals surface area contributed by atoms with Crippen molar-refractivity contribution >= 4 is 27.4 Å². The van der Waals surface area contributed by atoms with E-state index in [1.54, 1.807) is 13.8 Å². The van der Waals surface area contributed by atoms with Crippen LogP contribution in [-0.4, -0.2) is 14.8 Å². The van der Waals surface area contributed by atoms with Crippen molar-refractivity contribution in [3.8, 4) is 11.9 Å². The molecule has 0 fully saturated rings. The molecule has 2 aromatic rings. The average Bonchev–Trinajstić information content (AvgIpc) is 2.87. The summed E-state index contributed by atoms with van der Waals surface area (Å²) in [4.78, 5) is 12.6. The Balaban J connectivity index is 2.59. The summed E-state index contributed by atoms with van der Waals surface area (Å²) < 4.78 is 6.64. The van der Waals surface area contributed by atoms with Gasteiger partial charge in [0, 0.05) is 12.1 Å². The van der Waals surface area contributed by atoms with E-state index < -0.39 is 5.56 Å². The van der Waals surface area contributed by atoms with E-state index in [0.29, 0.717) is 23.2 Å². The van der Waals surface area contributed by atoms with Gasteiger partial charge in [0.15, 0.2) is 5.69 Å². The fraction of sp³-hybridized carbons (Fsp3) is 0.400. The summed E-state index contributed by atoms with van der Waals surface area (Å²) >= 11 is 3.26. The first-order valence-corrected chi connectivity index (χ1v) is 8.11. The molecule has 2 rings (SSSR count). The predicted octanol–water partition coefficient (Wildman–Crippen LogP) is 4.01. The second-order valence-electron chi connectivity index (χ2n) is 5.17. The molecule has 2 aromatic heterocycles. The smallest absolute Gasteiger partial charge is 0.281 e. The molecule has 0 saturated carbocycles. The number of aromatic nitrogens is 2. The van der Waals surface area contributed by atoms with Crippen LogP contribution in [0.15, 0.2) is 24.0 Å². The van der Waals surface area contributed by atoms with E-state index in [9.17, 15) is 15.2 Å². The first kappa shape index (κ1) is 17.9. The molecule has 9 heteroatoms. The van der Waals surface area contributed by atoms with Crippen molar-refractivity contribution in [2.24, 2.45) is 10.2 Å². The van der Waals surface area contributed by atoms with Gasteiger partial charge in [0.05, 0.1) is 0 Å². The summed E-state index contributed by atoms with van der Waals surface area (Å²) in [5.74, 6) is 0.383. The van der Waals surface area contributed by atoms with Crippen LogP contribution in [0.1, 0.15) is 36.7 Å². The van der Waals surface area contributed by atoms with E-state index >= 15 is 0 Å². The van der Waals surface area contributed by atoms with Crippen LogP contribution in [0.25, 0.3) is 0 Å². The molecule has 0 aliphatic carbocycles. The molecule has 0 spiro atoms. The number of nitrogens with zero attached hydrogens (tertiary/aromatic N) is 5. The van der Waals surface area contributed by atoms with Gasteiger partial charge in [-0.25, -0.2) is 0 Å². The van der Waals surface area contributed by atoms with E-state index in [-0.39, 0.29) is 28.5 Å². The topological polar surface area (TPSA) is 117 Å². The molecule has 0 bridgehead atoms. The molecule has 24 heavy (non-hydrogen) atoms. The van der Waals surface area contributed by atoms with Crippen molar-refractivity contribution < 1.29 is 9.63 Å². The Hall–Kier alpha value is -2.47. The zero-order valence-electron chi connectivity index (χ0n) is 13.5. The van der Waals surface area contributed by atoms with Crippen molar-refractivity contribution in [3.05, 3.63) is 31.7 Å². The van der Waals surface area contributed by atoms with Crippen LogP contribution in [0.5, 0.6) is 5.88 Å². The van der Waals surface area contributed by atoms with Gasteiger partial charge < -0.3 is 9.63 Å². The van der Waals surface area contributed by atoms with E-state index in [0.717, 1.165) is 11.0 Å². The Morgan fingerprint density at radius 3 is 2.67 bits per heavy atom. The van der Waals surface area contributed by atoms with Crippen LogP contribution >= 0.6 is 15.9 Å². The van der Waals surface area contributed by atoms with Gasteiger partial charge in [-0.05, 0) is 36.2 Å². The minimum atomic E-state index is -0.502. The van der Waals surface area contributed by atoms with Crippen LogP contribution in [0.2, 0.25) is 0 Å². The number of rotatable bonds is 5. The third kappa shape index (κ3) is 3.23. The number of azo groups is 1. The molecule has 1 N–H and O–H groups in total. The lowest BCUT2D eigenvalue weighted by Crippen LogP contribution is -2.22. The Morgan fingerprint density at radius 1 is 1.42 bits per heavy atom. The first-order chi connectivity index (χ1) is 11.4. The Morgan fingerprint density at radius 2 is 2.12 bits per heavy atom. The number of unbranched alkanes of at least 4 members (excludes halogenated alkanes) is 1. The van der Waals surface area contributed by atoms with Crippen molar-refractivity contribution in [3.63, 3.8) is 0 Å². The first-order valence-electron chi connectivity index (χ1n) is 7.32. The van der Waals surface area contributed by atoms with Crippen molar-refractivity contribution in [1.82, 2.24) is 9.72 Å². The van der Waals surface area contributed by atoms with Gasteiger partial charge in [0.1, 0.15) is 21.9 Å². The van der Waals surface area contributed by atoms with Gasteiger partial charge in [0.25, 0.3) is 5.56 Å². The number of aryl methyl sites for hydroxylation is 1. The Kier molecular flexibility index (Phi) is 5.51. The summed E-state index contributed by atoms with van der Waals surface area (Å²) in [5, 5.41) is 31.0. The SMILES string of the molecule is CCCCn1c(O)c(C#N)c(C)c(N=Nc2noc(C)c2Br)c1=O. The van der Waals surface area contributed by atoms with E-state index in [1.807, 2.05) is 13.0 Å². The van der Waals surface area contributed by atoms with Crippen LogP contribution in [0.3, 0.4) is 0 Å². The predicted molar refractivity (Wildman–Crippen MR) is 89.8 cm³/mol. The molecule has 0 unspecified atom stereocenters. The van der Waals surface area contributed by atoms with Crippen molar-refractivity contribution in [2.45, 2.75) is 40.2 Å². The minimum Gasteiger partial charge on any atom is -0.493 e. The highest BCUT2D eigenvalue weighted by molar-refractivity contribution is 9.10. The van der Waals surface area contributed by atoms with Gasteiger partial charge in [-0.2, -0.15) is 5.26 Å². The highest BCUT2D eigenvalue weighted by Crippen LogP contribution is 2.30. The maximum absolute atomic E-state index is 12.6. The summed E-state index contributed by atoms with van der Waals surface area (Å²) in [7, 11) is 0. The molecule has 0 radical (unpaired) electrons. The van der Waals surface area contributed by atoms with Gasteiger partial charge in [0.2, 0.25) is 11.7 Å². The molecule has 2 heterocycles. The quantitative estimate of drug-likeness (QED) is 0.769. The van der Waals surface area contributed by atoms with Gasteiger partial charge >= 0.3 is 0 Å². The third-order valence-corrected chi connectivity index (χ3v) is 4.44. The number of aromatic hydroxyl groups is 1. The minimum absolute atomic E-state index is 0.00648. The van der Waals surface area contributed by atoms with Gasteiger partial charge in [-0.1, -0.05) is 18.5 Å². The fourth-order valence-corrected chi connectivity index (χ4v) is 2.31. The maximum atomic E-state index is 12.6. The van der Waals surface area contributed by atoms with Crippen LogP contribution in [0, 0.1) is 25.2 Å². The Bertz CT molecular complexity index is 892. The van der Waals surface area contributed by atoms with Gasteiger partial charge in [-0.3, -0.25) is 9.36 Å². The lowest BCUT2D eigenvalue weighted by Gasteiger charge is -2.12. The molecule has 0 aromatic carbocycles. The zero-order chi connectivity index (χ0) is 17.9. The largest absolute Gasteiger partial charge is 0.493 e. The standard InChI is InChI=1S/C15H16BrN5O3/c1-4-5-6-21-14(22)10(7-17)8(2)12(15(21)23)18-19-13-11(16)9(3)24-20-13/h22H,4-6H2,1-3H3. The lowest BCUT2D eigenvalue weighted by molar-refractivity contribution is 0.397. The average molecular weight is 394 g/mol.